The molecule has 101 heavy (non-hydrogen) atoms. The third-order valence-electron chi connectivity index (χ3n) is 21.8. The van der Waals surface area contributed by atoms with Gasteiger partial charge in [-0.3, -0.25) is 9.97 Å². The molecule has 0 amide bonds. The summed E-state index contributed by atoms with van der Waals surface area (Å²) >= 11 is 0. The fraction of sp³-hybridized carbons (Fsp3) is 0.0103. The first-order valence-electron chi connectivity index (χ1n) is 34.7. The van der Waals surface area contributed by atoms with Gasteiger partial charge >= 0.3 is 0 Å². The van der Waals surface area contributed by atoms with Crippen LogP contribution in [-0.4, -0.2) is 19.9 Å². The van der Waals surface area contributed by atoms with E-state index in [4.69, 9.17) is 19.9 Å². The predicted octanol–water partition coefficient (Wildman–Crippen LogP) is 25.2. The van der Waals surface area contributed by atoms with Crippen LogP contribution >= 0.6 is 0 Å². The van der Waals surface area contributed by atoms with Gasteiger partial charge in [0.25, 0.3) is 0 Å². The predicted molar refractivity (Wildman–Crippen MR) is 423 cm³/mol. The highest BCUT2D eigenvalue weighted by molar-refractivity contribution is 6.30. The fourth-order valence-corrected chi connectivity index (χ4v) is 17.2. The van der Waals surface area contributed by atoms with Gasteiger partial charge in [-0.2, -0.15) is 0 Å². The SMILES string of the molecule is c1ccc(C2(c3ccccc3)c3cc(-c4ccc5cc(-c6cccc7c8ccc(-c9ccc(-c%10cccc(-c%11ccc%12ccc%13cccnc%13c%12n%11)c%10)cc9)cc8c8ccccc8c67)c6cccnc6c5n4)ccc3-c3c(-c4ccc5c6ccccc6c6ccccc6c5c4)cccc32)cc1. The molecule has 0 saturated carbocycles. The molecule has 4 heteroatoms. The largest absolute Gasteiger partial charge is 0.254 e. The van der Waals surface area contributed by atoms with E-state index in [-0.39, 0.29) is 0 Å². The second kappa shape index (κ2) is 22.4. The van der Waals surface area contributed by atoms with E-state index in [1.807, 2.05) is 18.5 Å². The molecule has 0 bridgehead atoms. The third kappa shape index (κ3) is 8.68. The Morgan fingerprint density at radius 2 is 0.663 bits per heavy atom. The lowest BCUT2D eigenvalue weighted by Crippen LogP contribution is -2.28. The summed E-state index contributed by atoms with van der Waals surface area (Å²) in [5.74, 6) is 0. The van der Waals surface area contributed by atoms with Crippen LogP contribution in [0.5, 0.6) is 0 Å². The smallest absolute Gasteiger partial charge is 0.0972 e. The molecular formula is C97H58N4. The van der Waals surface area contributed by atoms with Gasteiger partial charge in [0.1, 0.15) is 0 Å². The molecule has 4 nitrogen and oxygen atoms in total. The van der Waals surface area contributed by atoms with E-state index in [0.29, 0.717) is 0 Å². The lowest BCUT2D eigenvalue weighted by atomic mass is 9.67. The van der Waals surface area contributed by atoms with Gasteiger partial charge in [0.2, 0.25) is 0 Å². The monoisotopic (exact) mass is 1280 g/mol. The van der Waals surface area contributed by atoms with E-state index in [0.717, 1.165) is 93.9 Å². The normalized spacial score (nSPS) is 12.6. The quantitative estimate of drug-likeness (QED) is 0.142. The van der Waals surface area contributed by atoms with E-state index in [1.165, 1.54) is 115 Å². The van der Waals surface area contributed by atoms with Crippen LogP contribution < -0.4 is 0 Å². The van der Waals surface area contributed by atoms with Crippen LogP contribution in [0.1, 0.15) is 22.3 Å². The Bertz CT molecular complexity index is 6770. The van der Waals surface area contributed by atoms with Gasteiger partial charge in [-0.1, -0.05) is 285 Å². The van der Waals surface area contributed by atoms with Crippen molar-refractivity contribution in [2.45, 2.75) is 5.41 Å². The van der Waals surface area contributed by atoms with Crippen molar-refractivity contribution in [3.8, 4) is 78.1 Å². The molecule has 0 spiro atoms. The molecule has 466 valence electrons. The third-order valence-corrected chi connectivity index (χ3v) is 21.8. The summed E-state index contributed by atoms with van der Waals surface area (Å²) in [4.78, 5) is 20.8. The molecular weight excluding hydrogens is 1220 g/mol. The topological polar surface area (TPSA) is 51.6 Å². The molecule has 0 unspecified atom stereocenters. The molecule has 0 N–H and O–H groups in total. The zero-order valence-corrected chi connectivity index (χ0v) is 54.8. The van der Waals surface area contributed by atoms with Gasteiger partial charge in [0.15, 0.2) is 0 Å². The lowest BCUT2D eigenvalue weighted by Gasteiger charge is -2.34. The summed E-state index contributed by atoms with van der Waals surface area (Å²) in [6.45, 7) is 0. The number of pyridine rings is 4. The summed E-state index contributed by atoms with van der Waals surface area (Å²) in [7, 11) is 0. The van der Waals surface area contributed by atoms with Crippen LogP contribution in [0.3, 0.4) is 0 Å². The minimum absolute atomic E-state index is 0.648. The summed E-state index contributed by atoms with van der Waals surface area (Å²) in [6, 6.07) is 125. The van der Waals surface area contributed by atoms with E-state index in [1.54, 1.807) is 0 Å². The van der Waals surface area contributed by atoms with Crippen molar-refractivity contribution >= 4 is 108 Å². The van der Waals surface area contributed by atoms with E-state index >= 15 is 0 Å². The van der Waals surface area contributed by atoms with Gasteiger partial charge in [0.05, 0.1) is 38.9 Å². The van der Waals surface area contributed by atoms with Crippen molar-refractivity contribution in [1.29, 1.82) is 0 Å². The van der Waals surface area contributed by atoms with Crippen molar-refractivity contribution in [3.05, 3.63) is 374 Å². The molecule has 1 aliphatic carbocycles. The maximum absolute atomic E-state index is 5.69. The molecule has 0 fully saturated rings. The summed E-state index contributed by atoms with van der Waals surface area (Å²) in [5.41, 5.74) is 23.6. The average molecular weight is 1280 g/mol. The molecule has 16 aromatic carbocycles. The van der Waals surface area contributed by atoms with Crippen LogP contribution in [0.2, 0.25) is 0 Å². The van der Waals surface area contributed by atoms with Gasteiger partial charge in [-0.25, -0.2) is 9.97 Å². The summed E-state index contributed by atoms with van der Waals surface area (Å²) in [5, 5.41) is 19.2. The van der Waals surface area contributed by atoms with Crippen LogP contribution in [0, 0.1) is 0 Å². The van der Waals surface area contributed by atoms with E-state index in [9.17, 15) is 0 Å². The maximum Gasteiger partial charge on any atom is 0.0972 e. The second-order valence-electron chi connectivity index (χ2n) is 27.0. The molecule has 0 aliphatic heterocycles. The first-order valence-corrected chi connectivity index (χ1v) is 34.7. The van der Waals surface area contributed by atoms with Gasteiger partial charge in [-0.05, 0) is 197 Å². The van der Waals surface area contributed by atoms with Gasteiger partial charge in [-0.15, -0.1) is 0 Å². The van der Waals surface area contributed by atoms with Crippen LogP contribution in [0.25, 0.3) is 186 Å². The molecule has 0 atom stereocenters. The minimum Gasteiger partial charge on any atom is -0.254 e. The highest BCUT2D eigenvalue weighted by Crippen LogP contribution is 2.59. The Kier molecular flexibility index (Phi) is 12.6. The average Bonchev–Trinajstić information content (AvgIpc) is 1.54. The highest BCUT2D eigenvalue weighted by Gasteiger charge is 2.47. The van der Waals surface area contributed by atoms with Crippen LogP contribution in [0.4, 0.5) is 0 Å². The molecule has 0 radical (unpaired) electrons. The number of rotatable bonds is 8. The Hall–Kier alpha value is -13.3. The van der Waals surface area contributed by atoms with Gasteiger partial charge < -0.3 is 0 Å². The zero-order chi connectivity index (χ0) is 66.3. The molecule has 21 rings (SSSR count). The van der Waals surface area contributed by atoms with E-state index < -0.39 is 5.41 Å². The maximum atomic E-state index is 5.69. The number of nitrogens with zero attached hydrogens (tertiary/aromatic N) is 4. The molecule has 4 aromatic heterocycles. The van der Waals surface area contributed by atoms with Crippen molar-refractivity contribution in [2.24, 2.45) is 0 Å². The molecule has 1 aliphatic rings. The Balaban J connectivity index is 0.665. The Morgan fingerprint density at radius 3 is 1.36 bits per heavy atom. The molecule has 0 saturated heterocycles. The minimum atomic E-state index is -0.648. The van der Waals surface area contributed by atoms with Gasteiger partial charge in [0, 0.05) is 45.1 Å². The lowest BCUT2D eigenvalue weighted by molar-refractivity contribution is 0.769. The first kappa shape index (κ1) is 56.9. The number of aromatic nitrogens is 4. The zero-order valence-electron chi connectivity index (χ0n) is 54.8. The van der Waals surface area contributed by atoms with Crippen molar-refractivity contribution < 1.29 is 0 Å². The van der Waals surface area contributed by atoms with Crippen molar-refractivity contribution in [2.75, 3.05) is 0 Å². The fourth-order valence-electron chi connectivity index (χ4n) is 17.2. The van der Waals surface area contributed by atoms with Crippen LogP contribution in [0.15, 0.2) is 352 Å². The first-order chi connectivity index (χ1) is 50.1. The van der Waals surface area contributed by atoms with Crippen molar-refractivity contribution in [1.82, 2.24) is 19.9 Å². The van der Waals surface area contributed by atoms with Crippen molar-refractivity contribution in [3.63, 3.8) is 0 Å². The number of fused-ring (bicyclic) bond motifs is 21. The second-order valence-corrected chi connectivity index (χ2v) is 27.0. The highest BCUT2D eigenvalue weighted by atomic mass is 14.8. The standard InChI is InChI=1S/C97H58N4/c1-3-21-69(22-4-1)97(70-23-5-2-6-24-70)87-35-15-31-71(65-43-48-77-74-27-8-7-25-72(74)73-26-9-10-28-75(73)85(77)56-65)92(87)83-49-44-67(58-88(83)97)90-51-46-68-57-86(82-34-17-53-99-96(82)95(68)101-90)81-33-14-32-80-78-47-42-64(55-84(78)76-29-11-12-30-79(76)91(80)81)60-38-36-59(37-39-60)63-18-13-19-66(54-63)89-50-45-62-41-40-61-20-16-52-98-93(61)94(62)100-89/h1-58H. The van der Waals surface area contributed by atoms with Crippen LogP contribution in [-0.2, 0) is 5.41 Å². The summed E-state index contributed by atoms with van der Waals surface area (Å²) in [6.07, 6.45) is 3.76. The Morgan fingerprint density at radius 1 is 0.208 bits per heavy atom. The summed E-state index contributed by atoms with van der Waals surface area (Å²) < 4.78 is 0. The number of benzene rings is 16. The molecule has 20 aromatic rings. The number of hydrogen-bond donors (Lipinski definition) is 0. The Labute approximate surface area is 582 Å². The number of hydrogen-bond acceptors (Lipinski definition) is 4. The molecule has 4 heterocycles. The van der Waals surface area contributed by atoms with E-state index in [2.05, 4.69) is 334 Å².